The molecule has 8 rings (SSSR count). The van der Waals surface area contributed by atoms with Crippen LogP contribution in [0.2, 0.25) is 0 Å². The number of carbonyl (C=O) groups excluding carboxylic acids is 2. The maximum Gasteiger partial charge on any atom is 0.494 e. The molecule has 576 valence electrons. The third kappa shape index (κ3) is 36.3. The van der Waals surface area contributed by atoms with Crippen LogP contribution < -0.4 is 5.46 Å². The molecule has 0 aromatic heterocycles. The fourth-order valence-electron chi connectivity index (χ4n) is 8.29. The average molecular weight is 1730 g/mol. The highest BCUT2D eigenvalue weighted by Crippen LogP contribution is 2.37. The van der Waals surface area contributed by atoms with Gasteiger partial charge in [-0.05, 0) is 191 Å². The van der Waals surface area contributed by atoms with Crippen molar-refractivity contribution in [2.24, 2.45) is 0 Å². The van der Waals surface area contributed by atoms with Gasteiger partial charge in [-0.1, -0.05) is 78.7 Å². The normalized spacial score (nSPS) is 21.8. The summed E-state index contributed by atoms with van der Waals surface area (Å²) in [6, 6.07) is 21.7. The lowest BCUT2D eigenvalue weighted by atomic mass is 9.79. The van der Waals surface area contributed by atoms with Crippen molar-refractivity contribution in [3.05, 3.63) is 107 Å². The summed E-state index contributed by atoms with van der Waals surface area (Å²) in [4.78, 5) is 23.2. The van der Waals surface area contributed by atoms with Gasteiger partial charge in [0.1, 0.15) is 0 Å². The van der Waals surface area contributed by atoms with Crippen molar-refractivity contribution < 1.29 is 103 Å². The molecular weight excluding hydrogens is 1610 g/mol. The molecule has 5 aliphatic heterocycles. The Bertz CT molecular complexity index is 3140. The summed E-state index contributed by atoms with van der Waals surface area (Å²) in [6.07, 6.45) is 2.92. The van der Waals surface area contributed by atoms with Crippen LogP contribution in [0.4, 0.5) is 0 Å². The third-order valence-corrected chi connectivity index (χ3v) is 22.2. The Morgan fingerprint density at radius 2 is 0.921 bits per heavy atom. The number of alkyl halides is 1. The van der Waals surface area contributed by atoms with Gasteiger partial charge in [0.2, 0.25) is 0 Å². The third-order valence-electron chi connectivity index (χ3n) is 15.4. The second-order valence-electron chi connectivity index (χ2n) is 29.3. The van der Waals surface area contributed by atoms with Crippen LogP contribution in [0, 0.1) is 0 Å². The topological polar surface area (TPSA) is 272 Å². The zero-order chi connectivity index (χ0) is 77.1. The molecule has 5 aliphatic rings. The molecule has 3 aromatic carbocycles. The highest BCUT2D eigenvalue weighted by atomic mass is 127. The number of ether oxygens (including phenoxy) is 12. The molecular formula is C72H114BBr2IO22S3. The number of methoxy groups -OCH3 is 2. The molecule has 0 aliphatic carbocycles. The van der Waals surface area contributed by atoms with E-state index in [9.17, 15) is 26.4 Å². The van der Waals surface area contributed by atoms with Gasteiger partial charge >= 0.3 is 19.1 Å². The van der Waals surface area contributed by atoms with Gasteiger partial charge in [-0.2, -0.15) is 0 Å². The Morgan fingerprint density at radius 3 is 1.24 bits per heavy atom. The SMILES string of the molecule is C=CCOC(C)(C)C(=O)OC.C=CCOC(C)(C)CO.CC1(C)COC(CI)CO1.CC1(C)COC(CS(=O)(=O)c2ccc(B3OC(C)(C)C(C)(C)O3)cc2)CO1.CC1(C)COC(CS(=O)(=O)c2ccc(Br)cc2)CO1.CC1(C)COC(CSc2ccc(Br)cc2)CO1.COC(=O)C(C)(C)O. The number of rotatable bonds is 20. The average Bonchev–Trinajstić information content (AvgIpc) is 1.64. The van der Waals surface area contributed by atoms with Crippen molar-refractivity contribution in [1.82, 2.24) is 0 Å². The second-order valence-corrected chi connectivity index (χ2v) is 37.2. The Hall–Kier alpha value is -2.48. The summed E-state index contributed by atoms with van der Waals surface area (Å²) in [5.74, 6) is -0.196. The number of benzene rings is 3. The fraction of sp³-hybridized carbons (Fsp3) is 0.667. The van der Waals surface area contributed by atoms with Crippen LogP contribution in [0.25, 0.3) is 0 Å². The van der Waals surface area contributed by atoms with Crippen molar-refractivity contribution in [3.8, 4) is 0 Å². The Morgan fingerprint density at radius 1 is 0.574 bits per heavy atom. The van der Waals surface area contributed by atoms with Crippen molar-refractivity contribution in [1.29, 1.82) is 0 Å². The lowest BCUT2D eigenvalue weighted by Crippen LogP contribution is -2.44. The van der Waals surface area contributed by atoms with E-state index in [0.29, 0.717) is 57.2 Å². The van der Waals surface area contributed by atoms with Gasteiger partial charge in [-0.15, -0.1) is 24.9 Å². The van der Waals surface area contributed by atoms with Gasteiger partial charge in [0.15, 0.2) is 30.9 Å². The molecule has 4 unspecified atom stereocenters. The molecule has 5 saturated heterocycles. The van der Waals surface area contributed by atoms with Crippen LogP contribution in [-0.2, 0) is 95.4 Å². The largest absolute Gasteiger partial charge is 0.494 e. The molecule has 2 N–H and O–H groups in total. The first kappa shape index (κ1) is 94.6. The van der Waals surface area contributed by atoms with E-state index in [1.807, 2.05) is 81.0 Å². The van der Waals surface area contributed by atoms with Crippen LogP contribution in [0.5, 0.6) is 0 Å². The standard InChI is InChI=1S/C19H29BO6S.C13H17BrO4S.C13H17BrO2S.C8H14O3.C7H13IO2.C7H14O2.C5H10O3/c1-17(2)13-23-15(11-24-17)12-27(21,22)16-9-7-14(8-10-16)20-25-18(3,4)19(5,6)26-20;1-13(2)9-17-11(7-18-13)8-19(15,16)12-5-3-10(14)4-6-12;1-13(2)9-15-11(7-16-13)8-17-12-5-3-10(14)4-6-12;1-5-6-11-8(2,3)7(9)10-4;1-7(2)5-9-6(3-8)4-10-7;1-4-5-9-7(2,3)6-8;1-5(2,7)4(6)8-3/h7-10,15H,11-13H2,1-6H3;3-6,11H,7-9H2,1-2H3;3-6,11H,7-9H2,1-2H3;5H,1,6H2,2-4H3;6H,3-5H2,1-2H3;4,8H,1,5-6H2,2-3H3;7H,1-3H3. The second kappa shape index (κ2) is 42.3. The fourth-order valence-corrected chi connectivity index (χ4v) is 13.1. The van der Waals surface area contributed by atoms with Crippen molar-refractivity contribution >= 4 is 110 Å². The number of hydrogen-bond acceptors (Lipinski definition) is 23. The van der Waals surface area contributed by atoms with E-state index in [4.69, 9.17) is 66.9 Å². The number of sulfone groups is 2. The lowest BCUT2D eigenvalue weighted by molar-refractivity contribution is -0.168. The molecule has 5 fully saturated rings. The predicted octanol–water partition coefficient (Wildman–Crippen LogP) is 11.8. The first-order chi connectivity index (χ1) is 46.4. The summed E-state index contributed by atoms with van der Waals surface area (Å²) in [6.45, 7) is 45.6. The number of hydrogen-bond donors (Lipinski definition) is 2. The number of aliphatic hydroxyl groups excluding tert-OH is 1. The summed E-state index contributed by atoms with van der Waals surface area (Å²) < 4.78 is 129. The number of aliphatic hydroxyl groups is 2. The quantitative estimate of drug-likeness (QED) is 0.0266. The van der Waals surface area contributed by atoms with Gasteiger partial charge < -0.3 is 76.4 Å². The Labute approximate surface area is 638 Å². The molecule has 0 spiro atoms. The number of halogens is 3. The van der Waals surface area contributed by atoms with Gasteiger partial charge in [-0.25, -0.2) is 26.4 Å². The van der Waals surface area contributed by atoms with E-state index < -0.39 is 73.0 Å². The molecule has 0 amide bonds. The van der Waals surface area contributed by atoms with Gasteiger partial charge in [-0.3, -0.25) is 0 Å². The first-order valence-corrected chi connectivity index (χ1v) is 40.5. The zero-order valence-electron chi connectivity index (χ0n) is 62.9. The van der Waals surface area contributed by atoms with Crippen molar-refractivity contribution in [3.63, 3.8) is 0 Å². The number of esters is 2. The molecule has 0 bridgehead atoms. The highest BCUT2D eigenvalue weighted by molar-refractivity contribution is 14.1. The molecule has 3 aromatic rings. The number of thioether (sulfide) groups is 1. The summed E-state index contributed by atoms with van der Waals surface area (Å²) >= 11 is 10.8. The highest BCUT2D eigenvalue weighted by Gasteiger charge is 2.52. The van der Waals surface area contributed by atoms with Crippen LogP contribution >= 0.6 is 66.2 Å². The molecule has 0 saturated carbocycles. The minimum Gasteiger partial charge on any atom is -0.467 e. The molecule has 5 heterocycles. The summed E-state index contributed by atoms with van der Waals surface area (Å²) in [7, 11) is -4.75. The maximum atomic E-state index is 12.7. The molecule has 4 atom stereocenters. The smallest absolute Gasteiger partial charge is 0.467 e. The zero-order valence-corrected chi connectivity index (χ0v) is 70.7. The van der Waals surface area contributed by atoms with E-state index in [2.05, 4.69) is 129 Å². The van der Waals surface area contributed by atoms with Crippen molar-refractivity contribution in [2.75, 3.05) is 109 Å². The van der Waals surface area contributed by atoms with E-state index in [1.165, 1.54) is 33.0 Å². The monoisotopic (exact) mass is 1720 g/mol. The first-order valence-electron chi connectivity index (χ1n) is 33.1. The molecule has 29 heteroatoms. The Balaban J connectivity index is 0.000000419. The molecule has 22 nitrogen and oxygen atoms in total. The molecule has 101 heavy (non-hydrogen) atoms. The van der Waals surface area contributed by atoms with Crippen molar-refractivity contribution in [2.45, 2.75) is 214 Å². The van der Waals surface area contributed by atoms with Crippen LogP contribution in [0.1, 0.15) is 125 Å². The predicted molar refractivity (Wildman–Crippen MR) is 411 cm³/mol. The van der Waals surface area contributed by atoms with Gasteiger partial charge in [0.05, 0.1) is 172 Å². The van der Waals surface area contributed by atoms with Gasteiger partial charge in [0.25, 0.3) is 0 Å². The maximum absolute atomic E-state index is 12.7. The van der Waals surface area contributed by atoms with E-state index in [-0.39, 0.29) is 64.1 Å². The number of carbonyl (C=O) groups is 2. The Kier molecular flexibility index (Phi) is 39.6. The van der Waals surface area contributed by atoms with E-state index in [0.717, 1.165) is 37.8 Å². The van der Waals surface area contributed by atoms with E-state index in [1.54, 1.807) is 74.5 Å². The summed E-state index contributed by atoms with van der Waals surface area (Å²) in [5, 5.41) is 17.5. The minimum absolute atomic E-state index is 0.0425. The van der Waals surface area contributed by atoms with Crippen LogP contribution in [0.15, 0.2) is 122 Å². The van der Waals surface area contributed by atoms with Gasteiger partial charge in [0, 0.05) is 24.0 Å². The van der Waals surface area contributed by atoms with Crippen LogP contribution in [0.3, 0.4) is 0 Å². The summed E-state index contributed by atoms with van der Waals surface area (Å²) in [5.41, 5.74) is -3.62. The van der Waals surface area contributed by atoms with Crippen LogP contribution in [-0.4, -0.2) is 230 Å². The van der Waals surface area contributed by atoms with E-state index >= 15 is 0 Å². The molecule has 0 radical (unpaired) electrons. The minimum atomic E-state index is -3.47. The lowest BCUT2D eigenvalue weighted by Gasteiger charge is -2.34.